The molecule has 15 heteroatoms. The van der Waals surface area contributed by atoms with Gasteiger partial charge in [-0.05, 0) is 103 Å². The van der Waals surface area contributed by atoms with E-state index in [0.29, 0.717) is 11.3 Å². The van der Waals surface area contributed by atoms with Gasteiger partial charge in [0.25, 0.3) is 5.91 Å². The highest BCUT2D eigenvalue weighted by molar-refractivity contribution is 6.08. The number of rotatable bonds is 21. The number of aromatic nitrogens is 1. The van der Waals surface area contributed by atoms with Gasteiger partial charge in [-0.25, -0.2) is 19.2 Å². The SMILES string of the molecule is CC(C)(OC(=O)CCCNC(=O)OC[C@]1(C)CC2/C(=C\c3cc(C(=O)OCCNC(=O)OC(C)(C)c4ccc(-c5ccccc5)cc4)ccn3)C(=O)N2[C@H]1C(=O)OC(c1ccccc1)c1ccccc1)c1ccc(-c2ccccc2)cc1. The van der Waals surface area contributed by atoms with E-state index in [4.69, 9.17) is 23.7 Å². The number of nitrogens with zero attached hydrogens (tertiary/aromatic N) is 2. The maximum Gasteiger partial charge on any atom is 0.408 e. The fourth-order valence-electron chi connectivity index (χ4n) is 10.4. The molecule has 0 bridgehead atoms. The molecule has 0 saturated carbocycles. The molecule has 420 valence electrons. The minimum Gasteiger partial charge on any atom is -0.460 e. The third kappa shape index (κ3) is 13.8. The number of esters is 3. The van der Waals surface area contributed by atoms with Gasteiger partial charge >= 0.3 is 30.1 Å². The number of hydrogen-bond acceptors (Lipinski definition) is 12. The zero-order valence-corrected chi connectivity index (χ0v) is 46.5. The second-order valence-corrected chi connectivity index (χ2v) is 21.6. The molecular formula is C67H66N4O11. The third-order valence-corrected chi connectivity index (χ3v) is 14.8. The topological polar surface area (TPSA) is 189 Å². The summed E-state index contributed by atoms with van der Waals surface area (Å²) in [5.41, 5.74) is 5.12. The van der Waals surface area contributed by atoms with Crippen LogP contribution in [0.25, 0.3) is 28.3 Å². The second kappa shape index (κ2) is 25.4. The molecule has 2 aliphatic heterocycles. The van der Waals surface area contributed by atoms with Gasteiger partial charge < -0.3 is 39.2 Å². The molecule has 2 saturated heterocycles. The molecule has 0 spiro atoms. The molecule has 1 unspecified atom stereocenters. The van der Waals surface area contributed by atoms with Crippen LogP contribution in [0.2, 0.25) is 0 Å². The van der Waals surface area contributed by atoms with E-state index in [1.807, 2.05) is 184 Å². The van der Waals surface area contributed by atoms with Crippen LogP contribution < -0.4 is 10.6 Å². The van der Waals surface area contributed by atoms with Crippen LogP contribution in [0.4, 0.5) is 9.59 Å². The Morgan fingerprint density at radius 2 is 1.16 bits per heavy atom. The van der Waals surface area contributed by atoms with Gasteiger partial charge in [0.1, 0.15) is 30.5 Å². The first-order valence-corrected chi connectivity index (χ1v) is 27.4. The predicted octanol–water partition coefficient (Wildman–Crippen LogP) is 11.9. The zero-order valence-electron chi connectivity index (χ0n) is 46.5. The van der Waals surface area contributed by atoms with Crippen LogP contribution in [0.1, 0.15) is 98.3 Å². The molecular weight excluding hydrogens is 1040 g/mol. The second-order valence-electron chi connectivity index (χ2n) is 21.6. The molecule has 3 amide bonds. The maximum absolute atomic E-state index is 14.7. The van der Waals surface area contributed by atoms with Gasteiger partial charge in [-0.2, -0.15) is 0 Å². The van der Waals surface area contributed by atoms with Crippen LogP contribution in [0.15, 0.2) is 194 Å². The molecule has 0 radical (unpaired) electrons. The fraction of sp³-hybridized carbons (Fsp3) is 0.269. The highest BCUT2D eigenvalue weighted by Crippen LogP contribution is 2.51. The van der Waals surface area contributed by atoms with Crippen LogP contribution in [0.3, 0.4) is 0 Å². The summed E-state index contributed by atoms with van der Waals surface area (Å²) < 4.78 is 29.3. The third-order valence-electron chi connectivity index (χ3n) is 14.8. The van der Waals surface area contributed by atoms with Crippen molar-refractivity contribution in [1.82, 2.24) is 20.5 Å². The van der Waals surface area contributed by atoms with Crippen LogP contribution in [0, 0.1) is 5.41 Å². The number of amides is 3. The average Bonchev–Trinajstić information content (AvgIpc) is 3.75. The Balaban J connectivity index is 0.808. The smallest absolute Gasteiger partial charge is 0.408 e. The molecule has 2 N–H and O–H groups in total. The zero-order chi connectivity index (χ0) is 57.9. The molecule has 3 heterocycles. The molecule has 0 aliphatic carbocycles. The summed E-state index contributed by atoms with van der Waals surface area (Å²) in [6, 6.07) is 55.3. The van der Waals surface area contributed by atoms with Gasteiger partial charge in [0.15, 0.2) is 6.10 Å². The Hall–Kier alpha value is -9.37. The van der Waals surface area contributed by atoms with E-state index in [-0.39, 0.29) is 51.1 Å². The summed E-state index contributed by atoms with van der Waals surface area (Å²) in [6.07, 6.45) is 1.25. The summed E-state index contributed by atoms with van der Waals surface area (Å²) in [5.74, 6) is -2.24. The molecule has 2 aliphatic rings. The molecule has 6 aromatic carbocycles. The lowest BCUT2D eigenvalue weighted by molar-refractivity contribution is -0.163. The van der Waals surface area contributed by atoms with Gasteiger partial charge in [0, 0.05) is 30.2 Å². The van der Waals surface area contributed by atoms with E-state index in [2.05, 4.69) is 15.6 Å². The largest absolute Gasteiger partial charge is 0.460 e. The van der Waals surface area contributed by atoms with Gasteiger partial charge in [-0.15, -0.1) is 0 Å². The highest BCUT2D eigenvalue weighted by Gasteiger charge is 2.63. The minimum atomic E-state index is -1.17. The Morgan fingerprint density at radius 3 is 1.72 bits per heavy atom. The van der Waals surface area contributed by atoms with Crippen molar-refractivity contribution < 1.29 is 52.5 Å². The average molecular weight is 1100 g/mol. The molecule has 3 atom stereocenters. The first-order valence-electron chi connectivity index (χ1n) is 27.4. The molecule has 82 heavy (non-hydrogen) atoms. The van der Waals surface area contributed by atoms with Crippen molar-refractivity contribution in [3.05, 3.63) is 227 Å². The maximum atomic E-state index is 14.7. The summed E-state index contributed by atoms with van der Waals surface area (Å²) in [4.78, 5) is 87.3. The van der Waals surface area contributed by atoms with E-state index < -0.39 is 70.8 Å². The molecule has 7 aromatic rings. The summed E-state index contributed by atoms with van der Waals surface area (Å²) in [7, 11) is 0. The minimum absolute atomic E-state index is 0.0192. The van der Waals surface area contributed by atoms with Crippen molar-refractivity contribution in [3.8, 4) is 22.3 Å². The lowest BCUT2D eigenvalue weighted by Crippen LogP contribution is -2.58. The Morgan fingerprint density at radius 1 is 0.646 bits per heavy atom. The molecule has 15 nitrogen and oxygen atoms in total. The van der Waals surface area contributed by atoms with Crippen LogP contribution >= 0.6 is 0 Å². The highest BCUT2D eigenvalue weighted by atomic mass is 16.6. The quantitative estimate of drug-likeness (QED) is 0.0228. The van der Waals surface area contributed by atoms with Crippen molar-refractivity contribution in [2.24, 2.45) is 5.41 Å². The van der Waals surface area contributed by atoms with E-state index in [9.17, 15) is 28.8 Å². The fourth-order valence-corrected chi connectivity index (χ4v) is 10.4. The number of hydrogen-bond donors (Lipinski definition) is 2. The lowest BCUT2D eigenvalue weighted by atomic mass is 9.81. The molecule has 9 rings (SSSR count). The van der Waals surface area contributed by atoms with E-state index >= 15 is 0 Å². The Bertz CT molecular complexity index is 3370. The Labute approximate surface area is 477 Å². The lowest BCUT2D eigenvalue weighted by Gasteiger charge is -2.41. The Kier molecular flexibility index (Phi) is 17.7. The number of benzene rings is 6. The van der Waals surface area contributed by atoms with Crippen LogP contribution in [-0.4, -0.2) is 84.3 Å². The normalized spacial score (nSPS) is 17.0. The van der Waals surface area contributed by atoms with Gasteiger partial charge in [0.05, 0.1) is 23.8 Å². The van der Waals surface area contributed by atoms with Crippen LogP contribution in [0.5, 0.6) is 0 Å². The van der Waals surface area contributed by atoms with Gasteiger partial charge in [-0.1, -0.05) is 177 Å². The van der Waals surface area contributed by atoms with Crippen molar-refractivity contribution in [2.45, 2.75) is 83.3 Å². The number of fused-ring (bicyclic) bond motifs is 1. The molecule has 2 fully saturated rings. The summed E-state index contributed by atoms with van der Waals surface area (Å²) in [5, 5.41) is 5.35. The number of alkyl carbamates (subject to hydrolysis) is 2. The number of carbonyl (C=O) groups is 6. The first kappa shape index (κ1) is 57.3. The number of nitrogens with one attached hydrogen (secondary N) is 2. The summed E-state index contributed by atoms with van der Waals surface area (Å²) in [6.45, 7) is 8.69. The predicted molar refractivity (Wildman–Crippen MR) is 309 cm³/mol. The van der Waals surface area contributed by atoms with Crippen molar-refractivity contribution in [2.75, 3.05) is 26.3 Å². The monoisotopic (exact) mass is 1100 g/mol. The number of ether oxygens (including phenoxy) is 5. The van der Waals surface area contributed by atoms with Crippen molar-refractivity contribution >= 4 is 42.1 Å². The summed E-state index contributed by atoms with van der Waals surface area (Å²) >= 11 is 0. The van der Waals surface area contributed by atoms with Crippen molar-refractivity contribution in [1.29, 1.82) is 0 Å². The number of β-lactam (4-membered cyclic amide) rings is 1. The molecule has 1 aromatic heterocycles. The van der Waals surface area contributed by atoms with E-state index in [1.165, 1.54) is 23.2 Å². The first-order chi connectivity index (χ1) is 39.5. The van der Waals surface area contributed by atoms with E-state index in [0.717, 1.165) is 44.5 Å². The van der Waals surface area contributed by atoms with Gasteiger partial charge in [-0.3, -0.25) is 14.6 Å². The van der Waals surface area contributed by atoms with Crippen molar-refractivity contribution in [3.63, 3.8) is 0 Å². The number of carbonyl (C=O) groups excluding carboxylic acids is 6. The van der Waals surface area contributed by atoms with Crippen LogP contribution in [-0.2, 0) is 49.3 Å². The van der Waals surface area contributed by atoms with E-state index in [1.54, 1.807) is 26.8 Å². The number of pyridine rings is 1. The standard InChI is InChI=1S/C67H66N4O11/c1-65(2,52-32-28-47(29-33-52)45-19-10-6-11-20-45)81-57(72)27-18-37-69-63(76)79-44-67(5)43-56-55(60(73)71(56)59(67)62(75)80-58(49-23-14-8-15-24-49)50-25-16-9-17-26-50)42-54-41-51(36-38-68-54)61(74)78-40-39-70-64(77)82-66(3,4)53-34-30-48(31-35-53)46-21-12-7-13-22-46/h6-17,19-26,28-36,38,41-42,56,58-59H,18,27,37,39-40,43-44H2,1-5H3,(H,69,76)(H,70,77)/b55-42+/t56?,59-,67-/m0/s1. The van der Waals surface area contributed by atoms with Gasteiger partial charge in [0.2, 0.25) is 0 Å².